The van der Waals surface area contributed by atoms with E-state index in [1.54, 1.807) is 11.3 Å². The van der Waals surface area contributed by atoms with Crippen molar-refractivity contribution < 1.29 is 4.79 Å². The highest BCUT2D eigenvalue weighted by molar-refractivity contribution is 7.11. The molecular weight excluding hydrogens is 222 g/mol. The number of carbonyl (C=O) groups is 1. The van der Waals surface area contributed by atoms with Gasteiger partial charge >= 0.3 is 0 Å². The highest BCUT2D eigenvalue weighted by Gasteiger charge is 2.12. The molecule has 5 heteroatoms. The summed E-state index contributed by atoms with van der Waals surface area (Å²) in [5.41, 5.74) is 0. The zero-order valence-corrected chi connectivity index (χ0v) is 10.9. The minimum absolute atomic E-state index is 0.00328. The van der Waals surface area contributed by atoms with E-state index in [4.69, 9.17) is 0 Å². The van der Waals surface area contributed by atoms with Crippen LogP contribution in [0, 0.1) is 0 Å². The Bertz CT molecular complexity index is 338. The first-order chi connectivity index (χ1) is 7.67. The van der Waals surface area contributed by atoms with Crippen LogP contribution in [0.2, 0.25) is 0 Å². The van der Waals surface area contributed by atoms with Crippen LogP contribution in [0.4, 0.5) is 0 Å². The number of thiazole rings is 1. The van der Waals surface area contributed by atoms with E-state index in [1.807, 2.05) is 20.0 Å². The standard InChI is InChI=1S/C11H19N3OS/c1-4-9-6-13-11(16-9)8(3)14-10(15)7-12-5-2/h6,8,12H,4-5,7H2,1-3H3,(H,14,15). The predicted molar refractivity (Wildman–Crippen MR) is 66.6 cm³/mol. The lowest BCUT2D eigenvalue weighted by molar-refractivity contribution is -0.120. The van der Waals surface area contributed by atoms with E-state index in [0.717, 1.165) is 18.0 Å². The lowest BCUT2D eigenvalue weighted by Crippen LogP contribution is -2.35. The van der Waals surface area contributed by atoms with Crippen LogP contribution in [0.3, 0.4) is 0 Å². The first-order valence-electron chi connectivity index (χ1n) is 5.62. The van der Waals surface area contributed by atoms with Crippen LogP contribution in [0.1, 0.15) is 36.7 Å². The molecule has 1 aromatic rings. The Morgan fingerprint density at radius 1 is 1.56 bits per heavy atom. The summed E-state index contributed by atoms with van der Waals surface area (Å²) in [5.74, 6) is 0.0163. The molecule has 0 aromatic carbocycles. The van der Waals surface area contributed by atoms with Crippen LogP contribution in [0.25, 0.3) is 0 Å². The Balaban J connectivity index is 2.45. The number of nitrogens with zero attached hydrogens (tertiary/aromatic N) is 1. The highest BCUT2D eigenvalue weighted by atomic mass is 32.1. The number of aryl methyl sites for hydroxylation is 1. The number of rotatable bonds is 6. The van der Waals surface area contributed by atoms with Crippen molar-refractivity contribution >= 4 is 17.2 Å². The molecule has 1 heterocycles. The van der Waals surface area contributed by atoms with Gasteiger partial charge in [-0.15, -0.1) is 11.3 Å². The molecule has 0 saturated heterocycles. The molecule has 0 aliphatic heterocycles. The topological polar surface area (TPSA) is 54.0 Å². The van der Waals surface area contributed by atoms with Gasteiger partial charge in [-0.2, -0.15) is 0 Å². The second-order valence-corrected chi connectivity index (χ2v) is 4.73. The molecule has 16 heavy (non-hydrogen) atoms. The van der Waals surface area contributed by atoms with Gasteiger partial charge in [0.2, 0.25) is 5.91 Å². The maximum absolute atomic E-state index is 11.5. The average Bonchev–Trinajstić information content (AvgIpc) is 2.74. The summed E-state index contributed by atoms with van der Waals surface area (Å²) in [4.78, 5) is 17.0. The van der Waals surface area contributed by atoms with Gasteiger partial charge in [0.25, 0.3) is 0 Å². The predicted octanol–water partition coefficient (Wildman–Crippen LogP) is 1.49. The van der Waals surface area contributed by atoms with Crippen LogP contribution in [-0.2, 0) is 11.2 Å². The lowest BCUT2D eigenvalue weighted by atomic mass is 10.3. The molecule has 0 aliphatic rings. The third-order valence-electron chi connectivity index (χ3n) is 2.20. The normalized spacial score (nSPS) is 12.4. The van der Waals surface area contributed by atoms with Gasteiger partial charge in [0.1, 0.15) is 5.01 Å². The second kappa shape index (κ2) is 6.60. The summed E-state index contributed by atoms with van der Waals surface area (Å²) in [6, 6.07) is -0.00328. The van der Waals surface area contributed by atoms with Crippen LogP contribution in [0.15, 0.2) is 6.20 Å². The van der Waals surface area contributed by atoms with Gasteiger partial charge < -0.3 is 10.6 Å². The van der Waals surface area contributed by atoms with Gasteiger partial charge in [0, 0.05) is 11.1 Å². The van der Waals surface area contributed by atoms with E-state index < -0.39 is 0 Å². The molecule has 1 aromatic heterocycles. The van der Waals surface area contributed by atoms with Crippen molar-refractivity contribution in [3.05, 3.63) is 16.1 Å². The minimum atomic E-state index is -0.00328. The largest absolute Gasteiger partial charge is 0.346 e. The van der Waals surface area contributed by atoms with Crippen molar-refractivity contribution in [2.45, 2.75) is 33.2 Å². The molecule has 0 bridgehead atoms. The highest BCUT2D eigenvalue weighted by Crippen LogP contribution is 2.19. The zero-order chi connectivity index (χ0) is 12.0. The van der Waals surface area contributed by atoms with E-state index in [0.29, 0.717) is 6.54 Å². The van der Waals surface area contributed by atoms with Gasteiger partial charge in [-0.1, -0.05) is 13.8 Å². The molecule has 1 rings (SSSR count). The number of likely N-dealkylation sites (N-methyl/N-ethyl adjacent to an activating group) is 1. The van der Waals surface area contributed by atoms with Gasteiger partial charge in [-0.25, -0.2) is 4.98 Å². The van der Waals surface area contributed by atoms with Crippen molar-refractivity contribution in [3.63, 3.8) is 0 Å². The van der Waals surface area contributed by atoms with Crippen LogP contribution >= 0.6 is 11.3 Å². The Labute approximate surface area is 100 Å². The summed E-state index contributed by atoms with van der Waals surface area (Å²) >= 11 is 1.66. The molecular formula is C11H19N3OS. The fraction of sp³-hybridized carbons (Fsp3) is 0.636. The smallest absolute Gasteiger partial charge is 0.234 e. The van der Waals surface area contributed by atoms with Crippen molar-refractivity contribution in [2.75, 3.05) is 13.1 Å². The van der Waals surface area contributed by atoms with Crippen LogP contribution in [0.5, 0.6) is 0 Å². The Morgan fingerprint density at radius 3 is 2.88 bits per heavy atom. The molecule has 4 nitrogen and oxygen atoms in total. The fourth-order valence-corrected chi connectivity index (χ4v) is 2.14. The summed E-state index contributed by atoms with van der Waals surface area (Å²) in [5, 5.41) is 6.88. The van der Waals surface area contributed by atoms with Gasteiger partial charge in [-0.3, -0.25) is 4.79 Å². The van der Waals surface area contributed by atoms with Gasteiger partial charge in [-0.05, 0) is 19.9 Å². The van der Waals surface area contributed by atoms with Crippen LogP contribution in [-0.4, -0.2) is 24.0 Å². The van der Waals surface area contributed by atoms with E-state index >= 15 is 0 Å². The first kappa shape index (κ1) is 13.1. The average molecular weight is 241 g/mol. The molecule has 1 amide bonds. The maximum atomic E-state index is 11.5. The Morgan fingerprint density at radius 2 is 2.31 bits per heavy atom. The summed E-state index contributed by atoms with van der Waals surface area (Å²) in [6.45, 7) is 7.21. The van der Waals surface area contributed by atoms with Crippen molar-refractivity contribution in [3.8, 4) is 0 Å². The Hall–Kier alpha value is -0.940. The number of amides is 1. The number of hydrogen-bond acceptors (Lipinski definition) is 4. The molecule has 0 saturated carbocycles. The molecule has 0 spiro atoms. The third kappa shape index (κ3) is 3.90. The SMILES string of the molecule is CCNCC(=O)NC(C)c1ncc(CC)s1. The summed E-state index contributed by atoms with van der Waals surface area (Å²) < 4.78 is 0. The van der Waals surface area contributed by atoms with Gasteiger partial charge in [0.15, 0.2) is 0 Å². The van der Waals surface area contributed by atoms with Crippen molar-refractivity contribution in [2.24, 2.45) is 0 Å². The maximum Gasteiger partial charge on any atom is 0.234 e. The molecule has 1 unspecified atom stereocenters. The van der Waals surface area contributed by atoms with E-state index in [-0.39, 0.29) is 11.9 Å². The lowest BCUT2D eigenvalue weighted by Gasteiger charge is -2.11. The number of carbonyl (C=O) groups excluding carboxylic acids is 1. The number of aromatic nitrogens is 1. The number of nitrogens with one attached hydrogen (secondary N) is 2. The summed E-state index contributed by atoms with van der Waals surface area (Å²) in [6.07, 6.45) is 2.88. The quantitative estimate of drug-likeness (QED) is 0.793. The first-order valence-corrected chi connectivity index (χ1v) is 6.43. The second-order valence-electron chi connectivity index (χ2n) is 3.59. The molecule has 90 valence electrons. The molecule has 0 aliphatic carbocycles. The molecule has 0 fully saturated rings. The van der Waals surface area contributed by atoms with E-state index in [2.05, 4.69) is 22.5 Å². The molecule has 1 atom stereocenters. The molecule has 2 N–H and O–H groups in total. The third-order valence-corrected chi connectivity index (χ3v) is 3.53. The number of hydrogen-bond donors (Lipinski definition) is 2. The van der Waals surface area contributed by atoms with Gasteiger partial charge in [0.05, 0.1) is 12.6 Å². The molecule has 0 radical (unpaired) electrons. The van der Waals surface area contributed by atoms with E-state index in [1.165, 1.54) is 4.88 Å². The Kier molecular flexibility index (Phi) is 5.42. The van der Waals surface area contributed by atoms with Crippen molar-refractivity contribution in [1.29, 1.82) is 0 Å². The van der Waals surface area contributed by atoms with E-state index in [9.17, 15) is 4.79 Å². The monoisotopic (exact) mass is 241 g/mol. The minimum Gasteiger partial charge on any atom is -0.346 e. The van der Waals surface area contributed by atoms with Crippen molar-refractivity contribution in [1.82, 2.24) is 15.6 Å². The fourth-order valence-electron chi connectivity index (χ4n) is 1.28. The zero-order valence-electron chi connectivity index (χ0n) is 10.0. The summed E-state index contributed by atoms with van der Waals surface area (Å²) in [7, 11) is 0. The van der Waals surface area contributed by atoms with Crippen LogP contribution < -0.4 is 10.6 Å².